The first-order valence-corrected chi connectivity index (χ1v) is 14.1. The first-order chi connectivity index (χ1) is 17.6. The third-order valence-electron chi connectivity index (χ3n) is 5.90. The minimum Gasteiger partial charge on any atom is -0.378 e. The first-order valence-electron chi connectivity index (χ1n) is 12.3. The number of nitrogens with zero attached hydrogens (tertiary/aromatic N) is 4. The molecule has 5 rings (SSSR count). The van der Waals surface area contributed by atoms with Crippen molar-refractivity contribution < 1.29 is 9.53 Å². The summed E-state index contributed by atoms with van der Waals surface area (Å²) in [6.45, 7) is 5.88. The van der Waals surface area contributed by atoms with E-state index in [2.05, 4.69) is 50.1 Å². The van der Waals surface area contributed by atoms with Crippen LogP contribution in [0.2, 0.25) is 0 Å². The highest BCUT2D eigenvalue weighted by molar-refractivity contribution is 8.00. The number of anilines is 3. The van der Waals surface area contributed by atoms with Crippen molar-refractivity contribution in [1.29, 1.82) is 0 Å². The van der Waals surface area contributed by atoms with E-state index in [1.54, 1.807) is 23.1 Å². The lowest BCUT2D eigenvalue weighted by molar-refractivity contribution is 0.122. The smallest absolute Gasteiger partial charge is 0.319 e. The molecule has 2 amide bonds. The number of morpholine rings is 1. The van der Waals surface area contributed by atoms with Crippen molar-refractivity contribution in [2.24, 2.45) is 0 Å². The van der Waals surface area contributed by atoms with Crippen LogP contribution in [0.4, 0.5) is 22.0 Å². The molecule has 36 heavy (non-hydrogen) atoms. The monoisotopic (exact) mass is 525 g/mol. The van der Waals surface area contributed by atoms with Gasteiger partial charge in [0.2, 0.25) is 0 Å². The maximum absolute atomic E-state index is 12.1. The van der Waals surface area contributed by atoms with Crippen LogP contribution in [0.3, 0.4) is 0 Å². The van der Waals surface area contributed by atoms with Gasteiger partial charge in [-0.15, -0.1) is 10.2 Å². The molecule has 0 radical (unpaired) electrons. The number of rotatable bonds is 10. The highest BCUT2D eigenvalue weighted by Crippen LogP contribution is 2.29. The van der Waals surface area contributed by atoms with Crippen LogP contribution in [0.15, 0.2) is 40.7 Å². The van der Waals surface area contributed by atoms with Crippen molar-refractivity contribution >= 4 is 46.3 Å². The van der Waals surface area contributed by atoms with Crippen LogP contribution in [-0.4, -0.2) is 53.6 Å². The summed E-state index contributed by atoms with van der Waals surface area (Å²) in [5, 5.41) is 18.9. The fourth-order valence-electron chi connectivity index (χ4n) is 3.85. The number of hydrogen-bond donors (Lipinski definition) is 3. The van der Waals surface area contributed by atoms with Gasteiger partial charge in [-0.1, -0.05) is 42.2 Å². The standard InChI is InChI=1S/C25H31N7O2S2/c1-2-23-30-31-25(36-23)35-16-20-13-21(32-8-10-34-11-9-32)14-22(27-20)26-15-17-4-3-5-19(12-17)29-24(33)28-18-6-7-18/h3-5,12-14,18H,2,6-11,15-16H2,1H3,(H,26,27)(H2,28,29,33). The van der Waals surface area contributed by atoms with E-state index in [4.69, 9.17) is 9.72 Å². The number of amides is 2. The Morgan fingerprint density at radius 2 is 2.06 bits per heavy atom. The number of carbonyl (C=O) groups excluding carboxylic acids is 1. The van der Waals surface area contributed by atoms with Gasteiger partial charge in [-0.2, -0.15) is 0 Å². The third-order valence-corrected chi connectivity index (χ3v) is 8.14. The van der Waals surface area contributed by atoms with E-state index in [-0.39, 0.29) is 6.03 Å². The molecule has 9 nitrogen and oxygen atoms in total. The zero-order valence-corrected chi connectivity index (χ0v) is 22.0. The number of benzene rings is 1. The van der Waals surface area contributed by atoms with Crippen LogP contribution in [0, 0.1) is 0 Å². The fraction of sp³-hybridized carbons (Fsp3) is 0.440. The van der Waals surface area contributed by atoms with E-state index < -0.39 is 0 Å². The lowest BCUT2D eigenvalue weighted by atomic mass is 10.2. The van der Waals surface area contributed by atoms with E-state index in [1.807, 2.05) is 24.3 Å². The molecule has 11 heteroatoms. The molecular formula is C25H31N7O2S2. The highest BCUT2D eigenvalue weighted by atomic mass is 32.2. The topological polar surface area (TPSA) is 104 Å². The average Bonchev–Trinajstić information content (AvgIpc) is 3.59. The van der Waals surface area contributed by atoms with Crippen LogP contribution < -0.4 is 20.9 Å². The highest BCUT2D eigenvalue weighted by Gasteiger charge is 2.23. The zero-order valence-electron chi connectivity index (χ0n) is 20.3. The summed E-state index contributed by atoms with van der Waals surface area (Å²) in [6, 6.07) is 12.3. The molecule has 0 spiro atoms. The number of urea groups is 1. The van der Waals surface area contributed by atoms with Crippen molar-refractivity contribution in [3.63, 3.8) is 0 Å². The summed E-state index contributed by atoms with van der Waals surface area (Å²) in [4.78, 5) is 19.3. The minimum absolute atomic E-state index is 0.147. The molecule has 1 aliphatic heterocycles. The summed E-state index contributed by atoms with van der Waals surface area (Å²) >= 11 is 3.31. The van der Waals surface area contributed by atoms with E-state index in [0.717, 1.165) is 89.1 Å². The SMILES string of the molecule is CCc1nnc(SCc2cc(N3CCOCC3)cc(NCc3cccc(NC(=O)NC4CC4)c3)n2)s1. The molecule has 1 saturated carbocycles. The van der Waals surface area contributed by atoms with Crippen molar-refractivity contribution in [1.82, 2.24) is 20.5 Å². The summed E-state index contributed by atoms with van der Waals surface area (Å²) < 4.78 is 6.51. The van der Waals surface area contributed by atoms with Gasteiger partial charge < -0.3 is 25.6 Å². The second kappa shape index (κ2) is 11.9. The Labute approximate surface area is 219 Å². The molecule has 0 bridgehead atoms. The molecule has 2 aromatic heterocycles. The van der Waals surface area contributed by atoms with Gasteiger partial charge >= 0.3 is 6.03 Å². The normalized spacial score (nSPS) is 15.5. The Bertz CT molecular complexity index is 1180. The summed E-state index contributed by atoms with van der Waals surface area (Å²) in [6.07, 6.45) is 3.03. The Morgan fingerprint density at radius 3 is 2.83 bits per heavy atom. The van der Waals surface area contributed by atoms with Crippen molar-refractivity contribution in [3.05, 3.63) is 52.7 Å². The number of aromatic nitrogens is 3. The molecule has 3 N–H and O–H groups in total. The number of aryl methyl sites for hydroxylation is 1. The Morgan fingerprint density at radius 1 is 1.19 bits per heavy atom. The molecule has 3 aromatic rings. The number of thioether (sulfide) groups is 1. The fourth-order valence-corrected chi connectivity index (χ4v) is 5.58. The second-order valence-corrected chi connectivity index (χ2v) is 11.1. The van der Waals surface area contributed by atoms with Gasteiger partial charge in [-0.3, -0.25) is 0 Å². The molecule has 2 aliphatic rings. The second-order valence-electron chi connectivity index (χ2n) is 8.83. The molecule has 1 aliphatic carbocycles. The number of ether oxygens (including phenoxy) is 1. The van der Waals surface area contributed by atoms with Crippen molar-refractivity contribution in [2.45, 2.75) is 48.9 Å². The van der Waals surface area contributed by atoms with Crippen molar-refractivity contribution in [3.8, 4) is 0 Å². The van der Waals surface area contributed by atoms with Crippen molar-refractivity contribution in [2.75, 3.05) is 41.8 Å². The maximum atomic E-state index is 12.1. The molecule has 2 fully saturated rings. The summed E-state index contributed by atoms with van der Waals surface area (Å²) in [5.41, 5.74) is 3.98. The van der Waals surface area contributed by atoms with Gasteiger partial charge in [0.1, 0.15) is 10.8 Å². The number of pyridine rings is 1. The number of carbonyl (C=O) groups is 1. The minimum atomic E-state index is -0.147. The molecule has 3 heterocycles. The Balaban J connectivity index is 1.26. The summed E-state index contributed by atoms with van der Waals surface area (Å²) in [5.74, 6) is 1.55. The average molecular weight is 526 g/mol. The third kappa shape index (κ3) is 7.08. The maximum Gasteiger partial charge on any atom is 0.319 e. The molecule has 1 saturated heterocycles. The molecular weight excluding hydrogens is 494 g/mol. The van der Waals surface area contributed by atoms with E-state index in [9.17, 15) is 4.79 Å². The lowest BCUT2D eigenvalue weighted by Crippen LogP contribution is -2.36. The van der Waals surface area contributed by atoms with Gasteiger partial charge in [0.05, 0.1) is 18.9 Å². The largest absolute Gasteiger partial charge is 0.378 e. The van der Waals surface area contributed by atoms with Crippen LogP contribution in [0.25, 0.3) is 0 Å². The summed E-state index contributed by atoms with van der Waals surface area (Å²) in [7, 11) is 0. The van der Waals surface area contributed by atoms with Crippen LogP contribution in [0.1, 0.15) is 36.0 Å². The van der Waals surface area contributed by atoms with Gasteiger partial charge in [0.25, 0.3) is 0 Å². The van der Waals surface area contributed by atoms with Crippen LogP contribution >= 0.6 is 23.1 Å². The Hall–Kier alpha value is -2.89. The van der Waals surface area contributed by atoms with Crippen LogP contribution in [-0.2, 0) is 23.5 Å². The predicted octanol–water partition coefficient (Wildman–Crippen LogP) is 4.52. The molecule has 190 valence electrons. The zero-order chi connectivity index (χ0) is 24.7. The number of nitrogens with one attached hydrogen (secondary N) is 3. The predicted molar refractivity (Wildman–Crippen MR) is 145 cm³/mol. The van der Waals surface area contributed by atoms with E-state index in [0.29, 0.717) is 12.6 Å². The van der Waals surface area contributed by atoms with Gasteiger partial charge in [-0.25, -0.2) is 9.78 Å². The van der Waals surface area contributed by atoms with E-state index in [1.165, 1.54) is 0 Å². The van der Waals surface area contributed by atoms with Gasteiger partial charge in [0, 0.05) is 48.9 Å². The number of hydrogen-bond acceptors (Lipinski definition) is 9. The van der Waals surface area contributed by atoms with E-state index >= 15 is 0 Å². The molecule has 1 aromatic carbocycles. The molecule has 0 atom stereocenters. The molecule has 0 unspecified atom stereocenters. The van der Waals surface area contributed by atoms with Gasteiger partial charge in [-0.05, 0) is 43.0 Å². The van der Waals surface area contributed by atoms with Gasteiger partial charge in [0.15, 0.2) is 4.34 Å². The first kappa shape index (κ1) is 24.8. The van der Waals surface area contributed by atoms with Crippen LogP contribution in [0.5, 0.6) is 0 Å². The quantitative estimate of drug-likeness (QED) is 0.332. The lowest BCUT2D eigenvalue weighted by Gasteiger charge is -2.29. The Kier molecular flexibility index (Phi) is 8.19.